The first kappa shape index (κ1) is 24.2. The van der Waals surface area contributed by atoms with Gasteiger partial charge in [0.05, 0.1) is 11.6 Å². The van der Waals surface area contributed by atoms with Gasteiger partial charge >= 0.3 is 6.30 Å². The van der Waals surface area contributed by atoms with E-state index in [1.165, 1.54) is 18.3 Å². The van der Waals surface area contributed by atoms with Crippen LogP contribution in [0.15, 0.2) is 24.3 Å². The highest BCUT2D eigenvalue weighted by Gasteiger charge is 2.36. The third kappa shape index (κ3) is 7.26. The number of amides is 2. The summed E-state index contributed by atoms with van der Waals surface area (Å²) < 4.78 is 58.7. The maximum atomic E-state index is 14.0. The van der Waals surface area contributed by atoms with E-state index in [0.717, 1.165) is 18.2 Å². The lowest BCUT2D eigenvalue weighted by Crippen LogP contribution is -2.38. The molecule has 2 rings (SSSR count). The van der Waals surface area contributed by atoms with Crippen LogP contribution in [0.25, 0.3) is 5.70 Å². The number of hydrogen-bond acceptors (Lipinski definition) is 5. The molecule has 0 radical (unpaired) electrons. The minimum absolute atomic E-state index is 0.00249. The van der Waals surface area contributed by atoms with Crippen molar-refractivity contribution in [3.8, 4) is 5.75 Å². The second kappa shape index (κ2) is 8.94. The minimum Gasteiger partial charge on any atom is -0.488 e. The van der Waals surface area contributed by atoms with Gasteiger partial charge in [-0.25, -0.2) is 4.39 Å². The first-order valence-corrected chi connectivity index (χ1v) is 9.38. The van der Waals surface area contributed by atoms with Gasteiger partial charge in [0.25, 0.3) is 0 Å². The molecule has 0 aliphatic carbocycles. The first-order chi connectivity index (χ1) is 14.1. The Morgan fingerprint density at radius 1 is 1.26 bits per heavy atom. The van der Waals surface area contributed by atoms with Crippen molar-refractivity contribution in [1.82, 2.24) is 16.0 Å². The van der Waals surface area contributed by atoms with E-state index in [2.05, 4.69) is 10.6 Å². The van der Waals surface area contributed by atoms with E-state index in [0.29, 0.717) is 0 Å². The molecular weight excluding hydrogens is 420 g/mol. The van der Waals surface area contributed by atoms with Gasteiger partial charge in [-0.3, -0.25) is 20.3 Å². The second-order valence-corrected chi connectivity index (χ2v) is 8.11. The number of rotatable bonds is 5. The highest BCUT2D eigenvalue weighted by atomic mass is 19.4. The summed E-state index contributed by atoms with van der Waals surface area (Å²) in [4.78, 5) is 23.8. The average Bonchev–Trinajstić information content (AvgIpc) is 2.90. The standard InChI is InChI=1S/C20H24F4N4O3/c1-10-14(9-26-17(10)29)18(30)27-16(25)8-15(28-20(22,23)24)11-5-12(21)7-13(6-11)31-19(2,3)4/h5-8,10,14,28H,9H2,1-4H3,(H,26,29)(H2,25,27,30)/b15-8-/t10-,14+/m1/s1. The average molecular weight is 444 g/mol. The summed E-state index contributed by atoms with van der Waals surface area (Å²) in [6, 6.07) is 3.06. The Labute approximate surface area is 176 Å². The monoisotopic (exact) mass is 444 g/mol. The molecule has 4 N–H and O–H groups in total. The van der Waals surface area contributed by atoms with Crippen molar-refractivity contribution in [1.29, 1.82) is 5.41 Å². The number of carbonyl (C=O) groups excluding carboxylic acids is 2. The molecule has 1 aliphatic rings. The summed E-state index contributed by atoms with van der Waals surface area (Å²) in [5.41, 5.74) is -1.62. The molecule has 2 atom stereocenters. The van der Waals surface area contributed by atoms with Gasteiger partial charge in [-0.05, 0) is 32.9 Å². The molecule has 11 heteroatoms. The molecule has 31 heavy (non-hydrogen) atoms. The van der Waals surface area contributed by atoms with Crippen LogP contribution >= 0.6 is 0 Å². The lowest BCUT2D eigenvalue weighted by Gasteiger charge is -2.22. The molecule has 1 fully saturated rings. The Balaban J connectivity index is 2.31. The summed E-state index contributed by atoms with van der Waals surface area (Å²) in [6.07, 6.45) is -4.17. The van der Waals surface area contributed by atoms with Gasteiger partial charge in [0, 0.05) is 30.2 Å². The fourth-order valence-corrected chi connectivity index (χ4v) is 2.93. The number of ether oxygens (including phenoxy) is 1. The van der Waals surface area contributed by atoms with Crippen LogP contribution in [0.4, 0.5) is 17.6 Å². The van der Waals surface area contributed by atoms with Crippen LogP contribution in [-0.2, 0) is 9.59 Å². The fourth-order valence-electron chi connectivity index (χ4n) is 2.93. The van der Waals surface area contributed by atoms with Crippen molar-refractivity contribution in [2.45, 2.75) is 39.6 Å². The first-order valence-electron chi connectivity index (χ1n) is 9.38. The SMILES string of the molecule is C[C@H]1C(=O)NC[C@@H]1C(=O)NC(=N)/C=C(\NC(F)(F)F)c1cc(F)cc(OC(C)(C)C)c1. The van der Waals surface area contributed by atoms with Crippen molar-refractivity contribution in [2.75, 3.05) is 6.54 Å². The van der Waals surface area contributed by atoms with Crippen LogP contribution in [0.2, 0.25) is 0 Å². The molecule has 1 aromatic carbocycles. The maximum absolute atomic E-state index is 14.0. The van der Waals surface area contributed by atoms with Crippen molar-refractivity contribution < 1.29 is 31.9 Å². The summed E-state index contributed by atoms with van der Waals surface area (Å²) in [5, 5.41) is 13.8. The zero-order valence-electron chi connectivity index (χ0n) is 17.4. The van der Waals surface area contributed by atoms with E-state index in [1.807, 2.05) is 0 Å². The Morgan fingerprint density at radius 2 is 1.90 bits per heavy atom. The smallest absolute Gasteiger partial charge is 0.482 e. The number of halogens is 4. The van der Waals surface area contributed by atoms with Crippen molar-refractivity contribution in [3.63, 3.8) is 0 Å². The molecule has 1 aromatic rings. The molecule has 0 bridgehead atoms. The molecule has 7 nitrogen and oxygen atoms in total. The zero-order valence-corrected chi connectivity index (χ0v) is 17.4. The molecule has 0 spiro atoms. The van der Waals surface area contributed by atoms with Crippen LogP contribution in [0.5, 0.6) is 5.75 Å². The van der Waals surface area contributed by atoms with Crippen LogP contribution in [0.3, 0.4) is 0 Å². The number of alkyl halides is 3. The van der Waals surface area contributed by atoms with Crippen molar-refractivity contribution in [2.24, 2.45) is 11.8 Å². The van der Waals surface area contributed by atoms with Gasteiger partial charge < -0.3 is 15.4 Å². The van der Waals surface area contributed by atoms with E-state index in [-0.39, 0.29) is 23.8 Å². The van der Waals surface area contributed by atoms with Crippen LogP contribution < -0.4 is 20.7 Å². The van der Waals surface area contributed by atoms with Crippen LogP contribution in [0, 0.1) is 23.1 Å². The number of hydrogen-bond donors (Lipinski definition) is 4. The molecule has 0 aromatic heterocycles. The number of nitrogens with one attached hydrogen (secondary N) is 4. The predicted molar refractivity (Wildman–Crippen MR) is 105 cm³/mol. The number of carbonyl (C=O) groups is 2. The molecular formula is C20H24F4N4O3. The fraction of sp³-hybridized carbons (Fsp3) is 0.450. The third-order valence-electron chi connectivity index (χ3n) is 4.28. The maximum Gasteiger partial charge on any atom is 0.482 e. The van der Waals surface area contributed by atoms with E-state index in [1.54, 1.807) is 20.8 Å². The van der Waals surface area contributed by atoms with Crippen molar-refractivity contribution in [3.05, 3.63) is 35.7 Å². The second-order valence-electron chi connectivity index (χ2n) is 8.11. The van der Waals surface area contributed by atoms with E-state index in [9.17, 15) is 27.2 Å². The van der Waals surface area contributed by atoms with Gasteiger partial charge in [-0.1, -0.05) is 6.92 Å². The molecule has 1 heterocycles. The normalized spacial score (nSPS) is 19.6. The topological polar surface area (TPSA) is 103 Å². The third-order valence-corrected chi connectivity index (χ3v) is 4.28. The lowest BCUT2D eigenvalue weighted by atomic mass is 9.97. The van der Waals surface area contributed by atoms with Gasteiger partial charge in [-0.15, -0.1) is 0 Å². The number of benzene rings is 1. The van der Waals surface area contributed by atoms with E-state index < -0.39 is 47.0 Å². The van der Waals surface area contributed by atoms with E-state index >= 15 is 0 Å². The quantitative estimate of drug-likeness (QED) is 0.243. The minimum atomic E-state index is -4.89. The van der Waals surface area contributed by atoms with Gasteiger partial charge in [0.15, 0.2) is 0 Å². The van der Waals surface area contributed by atoms with Gasteiger partial charge in [0.1, 0.15) is 23.0 Å². The van der Waals surface area contributed by atoms with Crippen LogP contribution in [-0.4, -0.2) is 36.1 Å². The molecule has 2 amide bonds. The summed E-state index contributed by atoms with van der Waals surface area (Å²) in [6.45, 7) is 6.67. The Kier molecular flexibility index (Phi) is 6.97. The zero-order chi connectivity index (χ0) is 23.6. The molecule has 0 unspecified atom stereocenters. The molecule has 0 saturated carbocycles. The molecule has 1 saturated heterocycles. The highest BCUT2D eigenvalue weighted by molar-refractivity contribution is 6.07. The summed E-state index contributed by atoms with van der Waals surface area (Å²) in [7, 11) is 0. The highest BCUT2D eigenvalue weighted by Crippen LogP contribution is 2.27. The number of amidine groups is 1. The lowest BCUT2D eigenvalue weighted by molar-refractivity contribution is -0.144. The largest absolute Gasteiger partial charge is 0.488 e. The Hall–Kier alpha value is -3.11. The summed E-state index contributed by atoms with van der Waals surface area (Å²) >= 11 is 0. The van der Waals surface area contributed by atoms with Crippen molar-refractivity contribution >= 4 is 23.3 Å². The molecule has 1 aliphatic heterocycles. The predicted octanol–water partition coefficient (Wildman–Crippen LogP) is 2.93. The van der Waals surface area contributed by atoms with E-state index in [4.69, 9.17) is 10.1 Å². The summed E-state index contributed by atoms with van der Waals surface area (Å²) in [5.74, 6) is -3.91. The van der Waals surface area contributed by atoms with Gasteiger partial charge in [0.2, 0.25) is 11.8 Å². The molecule has 170 valence electrons. The van der Waals surface area contributed by atoms with Crippen LogP contribution in [0.1, 0.15) is 33.3 Å². The Bertz CT molecular complexity index is 907. The van der Waals surface area contributed by atoms with Gasteiger partial charge in [-0.2, -0.15) is 13.2 Å². The Morgan fingerprint density at radius 3 is 2.42 bits per heavy atom.